The highest BCUT2D eigenvalue weighted by atomic mass is 16.6. The number of unbranched alkanes of at least 4 members (excludes halogenated alkanes) is 1. The first-order valence-electron chi connectivity index (χ1n) is 4.82. The minimum atomic E-state index is -0.361. The van der Waals surface area contributed by atoms with Crippen molar-refractivity contribution in [3.8, 4) is 0 Å². The van der Waals surface area contributed by atoms with Crippen molar-refractivity contribution in [2.24, 2.45) is 5.73 Å². The van der Waals surface area contributed by atoms with Crippen molar-refractivity contribution in [1.82, 2.24) is 0 Å². The lowest BCUT2D eigenvalue weighted by atomic mass is 10.2. The zero-order valence-electron chi connectivity index (χ0n) is 10.2. The summed E-state index contributed by atoms with van der Waals surface area (Å²) in [4.78, 5) is 11.1. The number of hydrogen-bond acceptors (Lipinski definition) is 4. The smallest absolute Gasteiger partial charge is 0.306 e. The molecular formula is C11H29NO4. The number of nitrogens with two attached hydrogens (primary N) is 1. The first-order valence-corrected chi connectivity index (χ1v) is 4.82. The van der Waals surface area contributed by atoms with E-state index < -0.39 is 0 Å². The minimum absolute atomic E-state index is 0. The average Bonchev–Trinajstić information content (AvgIpc) is 2.05. The third-order valence-electron chi connectivity index (χ3n) is 1.26. The monoisotopic (exact) mass is 239 g/mol. The van der Waals surface area contributed by atoms with E-state index in [1.165, 1.54) is 0 Å². The number of rotatable bonds is 4. The molecule has 0 spiro atoms. The fourth-order valence-electron chi connectivity index (χ4n) is 0.806. The molecule has 0 radical (unpaired) electrons. The maximum atomic E-state index is 11.1. The SMILES string of the molecule is C.CC(C)(C)OC(=O)CCCCN.CO.O. The summed E-state index contributed by atoms with van der Waals surface area (Å²) < 4.78 is 5.10. The van der Waals surface area contributed by atoms with Gasteiger partial charge in [0.15, 0.2) is 0 Å². The highest BCUT2D eigenvalue weighted by molar-refractivity contribution is 5.69. The van der Waals surface area contributed by atoms with Crippen molar-refractivity contribution in [3.05, 3.63) is 0 Å². The van der Waals surface area contributed by atoms with Gasteiger partial charge in [-0.05, 0) is 40.2 Å². The van der Waals surface area contributed by atoms with E-state index >= 15 is 0 Å². The van der Waals surface area contributed by atoms with Crippen LogP contribution in [0.4, 0.5) is 0 Å². The van der Waals surface area contributed by atoms with Gasteiger partial charge in [0.25, 0.3) is 0 Å². The van der Waals surface area contributed by atoms with Gasteiger partial charge in [0.05, 0.1) is 0 Å². The number of carbonyl (C=O) groups is 1. The Labute approximate surface area is 99.3 Å². The summed E-state index contributed by atoms with van der Waals surface area (Å²) >= 11 is 0. The topological polar surface area (TPSA) is 104 Å². The molecule has 0 aromatic rings. The van der Waals surface area contributed by atoms with Gasteiger partial charge in [-0.25, -0.2) is 0 Å². The Bertz CT molecular complexity index is 143. The van der Waals surface area contributed by atoms with Gasteiger partial charge >= 0.3 is 5.97 Å². The fraction of sp³-hybridized carbons (Fsp3) is 0.909. The van der Waals surface area contributed by atoms with Crippen molar-refractivity contribution in [1.29, 1.82) is 0 Å². The number of aliphatic hydroxyl groups is 1. The number of hydrogen-bond donors (Lipinski definition) is 2. The molecule has 5 heteroatoms. The molecule has 0 saturated carbocycles. The van der Waals surface area contributed by atoms with Crippen molar-refractivity contribution < 1.29 is 20.1 Å². The van der Waals surface area contributed by atoms with Gasteiger partial charge in [0.2, 0.25) is 0 Å². The Morgan fingerprint density at radius 3 is 2.00 bits per heavy atom. The van der Waals surface area contributed by atoms with Gasteiger partial charge in [0.1, 0.15) is 5.60 Å². The average molecular weight is 239 g/mol. The zero-order valence-corrected chi connectivity index (χ0v) is 10.2. The molecule has 0 aromatic carbocycles. The molecule has 0 aliphatic heterocycles. The van der Waals surface area contributed by atoms with Gasteiger partial charge in [-0.3, -0.25) is 4.79 Å². The van der Waals surface area contributed by atoms with Crippen LogP contribution in [0.25, 0.3) is 0 Å². The van der Waals surface area contributed by atoms with Crippen LogP contribution in [0, 0.1) is 0 Å². The van der Waals surface area contributed by atoms with Crippen molar-refractivity contribution in [2.45, 2.75) is 53.1 Å². The molecule has 0 heterocycles. The molecule has 0 aliphatic carbocycles. The first-order chi connectivity index (χ1) is 6.45. The molecule has 0 unspecified atom stereocenters. The fourth-order valence-corrected chi connectivity index (χ4v) is 0.806. The number of esters is 1. The molecule has 0 fully saturated rings. The van der Waals surface area contributed by atoms with E-state index in [2.05, 4.69) is 0 Å². The number of ether oxygens (including phenoxy) is 1. The first kappa shape index (κ1) is 24.5. The standard InChI is InChI=1S/C9H19NO2.CH4O.CH4.H2O/c1-9(2,3)12-8(11)6-4-5-7-10;1-2;;/h4-7,10H2,1-3H3;2H,1H3;1H4;1H2. The third kappa shape index (κ3) is 23.3. The van der Waals surface area contributed by atoms with E-state index in [0.29, 0.717) is 13.0 Å². The lowest BCUT2D eigenvalue weighted by Gasteiger charge is -2.19. The summed E-state index contributed by atoms with van der Waals surface area (Å²) in [6.45, 7) is 6.25. The van der Waals surface area contributed by atoms with Crippen LogP contribution in [-0.4, -0.2) is 35.8 Å². The van der Waals surface area contributed by atoms with Crippen molar-refractivity contribution >= 4 is 5.97 Å². The van der Waals surface area contributed by atoms with Crippen LogP contribution in [0.5, 0.6) is 0 Å². The van der Waals surface area contributed by atoms with E-state index in [0.717, 1.165) is 20.0 Å². The van der Waals surface area contributed by atoms with Crippen LogP contribution in [-0.2, 0) is 9.53 Å². The van der Waals surface area contributed by atoms with Gasteiger partial charge < -0.3 is 21.1 Å². The maximum Gasteiger partial charge on any atom is 0.306 e. The van der Waals surface area contributed by atoms with Crippen LogP contribution >= 0.6 is 0 Å². The lowest BCUT2D eigenvalue weighted by molar-refractivity contribution is -0.154. The Morgan fingerprint density at radius 2 is 1.69 bits per heavy atom. The minimum Gasteiger partial charge on any atom is -0.460 e. The predicted molar refractivity (Wildman–Crippen MR) is 67.2 cm³/mol. The summed E-state index contributed by atoms with van der Waals surface area (Å²) in [7, 11) is 1.00. The molecule has 5 nitrogen and oxygen atoms in total. The van der Waals surface area contributed by atoms with Crippen LogP contribution in [0.15, 0.2) is 0 Å². The molecular weight excluding hydrogens is 210 g/mol. The second kappa shape index (κ2) is 14.3. The van der Waals surface area contributed by atoms with Crippen molar-refractivity contribution in [2.75, 3.05) is 13.7 Å². The zero-order chi connectivity index (χ0) is 11.6. The molecule has 102 valence electrons. The third-order valence-corrected chi connectivity index (χ3v) is 1.26. The van der Waals surface area contributed by atoms with Crippen LogP contribution in [0.3, 0.4) is 0 Å². The van der Waals surface area contributed by atoms with Gasteiger partial charge in [-0.2, -0.15) is 0 Å². The summed E-state index contributed by atoms with van der Waals surface area (Å²) in [5, 5.41) is 7.00. The molecule has 0 amide bonds. The number of carbonyl (C=O) groups excluding carboxylic acids is 1. The van der Waals surface area contributed by atoms with Gasteiger partial charge in [-0.15, -0.1) is 0 Å². The van der Waals surface area contributed by atoms with E-state index in [1.807, 2.05) is 20.8 Å². The highest BCUT2D eigenvalue weighted by Crippen LogP contribution is 2.09. The second-order valence-electron chi connectivity index (χ2n) is 3.83. The Morgan fingerprint density at radius 1 is 1.25 bits per heavy atom. The quantitative estimate of drug-likeness (QED) is 0.561. The molecule has 0 aromatic heterocycles. The Balaban J connectivity index is -0.000000169. The molecule has 5 N–H and O–H groups in total. The molecule has 0 rings (SSSR count). The van der Waals surface area contributed by atoms with E-state index in [9.17, 15) is 4.79 Å². The van der Waals surface area contributed by atoms with E-state index in [4.69, 9.17) is 15.6 Å². The lowest BCUT2D eigenvalue weighted by Crippen LogP contribution is -2.23. The van der Waals surface area contributed by atoms with Gasteiger partial charge in [-0.1, -0.05) is 7.43 Å². The summed E-state index contributed by atoms with van der Waals surface area (Å²) in [6, 6.07) is 0. The molecule has 0 aliphatic rings. The number of aliphatic hydroxyl groups excluding tert-OH is 1. The Kier molecular flexibility index (Phi) is 22.0. The predicted octanol–water partition coefficient (Wildman–Crippen LogP) is 0.877. The molecule has 16 heavy (non-hydrogen) atoms. The molecule has 0 saturated heterocycles. The largest absolute Gasteiger partial charge is 0.460 e. The summed E-state index contributed by atoms with van der Waals surface area (Å²) in [5.74, 6) is -0.129. The van der Waals surface area contributed by atoms with Crippen molar-refractivity contribution in [3.63, 3.8) is 0 Å². The van der Waals surface area contributed by atoms with E-state index in [-0.39, 0.29) is 24.5 Å². The van der Waals surface area contributed by atoms with Crippen LogP contribution < -0.4 is 5.73 Å². The molecule has 0 atom stereocenters. The summed E-state index contributed by atoms with van der Waals surface area (Å²) in [6.07, 6.45) is 2.19. The summed E-state index contributed by atoms with van der Waals surface area (Å²) in [5.41, 5.74) is 4.93. The van der Waals surface area contributed by atoms with E-state index in [1.54, 1.807) is 0 Å². The highest BCUT2D eigenvalue weighted by Gasteiger charge is 2.15. The van der Waals surface area contributed by atoms with Crippen LogP contribution in [0.2, 0.25) is 0 Å². The Hall–Kier alpha value is -0.650. The second-order valence-corrected chi connectivity index (χ2v) is 3.83. The molecule has 0 bridgehead atoms. The van der Waals surface area contributed by atoms with Crippen LogP contribution in [0.1, 0.15) is 47.5 Å². The normalized spacial score (nSPS) is 8.88. The maximum absolute atomic E-state index is 11.1. The van der Waals surface area contributed by atoms with Gasteiger partial charge in [0, 0.05) is 13.5 Å².